The fourth-order valence-corrected chi connectivity index (χ4v) is 3.72. The minimum Gasteiger partial charge on any atom is -0.497 e. The topological polar surface area (TPSA) is 55.8 Å². The van der Waals surface area contributed by atoms with Crippen molar-refractivity contribution in [2.75, 3.05) is 7.11 Å². The van der Waals surface area contributed by atoms with E-state index in [1.165, 1.54) is 6.07 Å². The third kappa shape index (κ3) is 7.44. The summed E-state index contributed by atoms with van der Waals surface area (Å²) in [5.74, 6) is 0.0213. The van der Waals surface area contributed by atoms with Gasteiger partial charge in [-0.3, -0.25) is 4.79 Å². The van der Waals surface area contributed by atoms with Crippen LogP contribution in [0, 0.1) is 11.2 Å². The average Bonchev–Trinajstić information content (AvgIpc) is 2.81. The van der Waals surface area contributed by atoms with Gasteiger partial charge in [0.15, 0.2) is 0 Å². The SMILES string of the molecule is COc1ccc(F)c(-c2ccc(COc3cccc([C@@H](C)CC(=O)O)c3)cc2C=CC(C)(C)C)c1. The molecule has 0 aromatic heterocycles. The van der Waals surface area contributed by atoms with E-state index in [9.17, 15) is 9.18 Å². The maximum Gasteiger partial charge on any atom is 0.303 e. The lowest BCUT2D eigenvalue weighted by Crippen LogP contribution is -2.03. The number of methoxy groups -OCH3 is 1. The van der Waals surface area contributed by atoms with E-state index in [4.69, 9.17) is 14.6 Å². The molecular formula is C30H33FO4. The summed E-state index contributed by atoms with van der Waals surface area (Å²) in [4.78, 5) is 11.0. The Bertz CT molecular complexity index is 1210. The van der Waals surface area contributed by atoms with Crippen LogP contribution in [0.1, 0.15) is 56.7 Å². The summed E-state index contributed by atoms with van der Waals surface area (Å²) in [6, 6.07) is 18.1. The molecule has 1 N–H and O–H groups in total. The Labute approximate surface area is 207 Å². The molecule has 184 valence electrons. The van der Waals surface area contributed by atoms with Crippen LogP contribution in [-0.4, -0.2) is 18.2 Å². The number of allylic oxidation sites excluding steroid dienone is 1. The third-order valence-electron chi connectivity index (χ3n) is 5.66. The van der Waals surface area contributed by atoms with Gasteiger partial charge in [0.2, 0.25) is 0 Å². The van der Waals surface area contributed by atoms with Gasteiger partial charge in [-0.2, -0.15) is 0 Å². The van der Waals surface area contributed by atoms with Crippen molar-refractivity contribution in [3.05, 3.63) is 89.2 Å². The first-order valence-electron chi connectivity index (χ1n) is 11.7. The lowest BCUT2D eigenvalue weighted by Gasteiger charge is -2.15. The molecule has 0 saturated heterocycles. The van der Waals surface area contributed by atoms with E-state index >= 15 is 0 Å². The molecule has 35 heavy (non-hydrogen) atoms. The smallest absolute Gasteiger partial charge is 0.303 e. The number of hydrogen-bond acceptors (Lipinski definition) is 3. The average molecular weight is 477 g/mol. The Morgan fingerprint density at radius 1 is 1.03 bits per heavy atom. The van der Waals surface area contributed by atoms with Gasteiger partial charge < -0.3 is 14.6 Å². The second kappa shape index (κ2) is 11.2. The van der Waals surface area contributed by atoms with Crippen molar-refractivity contribution in [2.45, 2.75) is 46.6 Å². The molecule has 3 aromatic rings. The van der Waals surface area contributed by atoms with E-state index in [1.807, 2.05) is 55.5 Å². The third-order valence-corrected chi connectivity index (χ3v) is 5.66. The highest BCUT2D eigenvalue weighted by Crippen LogP contribution is 2.32. The fourth-order valence-electron chi connectivity index (χ4n) is 3.72. The molecule has 0 unspecified atom stereocenters. The molecule has 0 heterocycles. The number of hydrogen-bond donors (Lipinski definition) is 1. The second-order valence-corrected chi connectivity index (χ2v) is 9.83. The summed E-state index contributed by atoms with van der Waals surface area (Å²) in [6.07, 6.45) is 4.18. The number of carboxylic acid groups (broad SMARTS) is 1. The van der Waals surface area contributed by atoms with Gasteiger partial charge in [0.25, 0.3) is 0 Å². The zero-order chi connectivity index (χ0) is 25.6. The van der Waals surface area contributed by atoms with Gasteiger partial charge in [0.1, 0.15) is 23.9 Å². The number of aliphatic carboxylic acids is 1. The summed E-state index contributed by atoms with van der Waals surface area (Å²) in [6.45, 7) is 8.55. The molecule has 0 aliphatic carbocycles. The molecule has 5 heteroatoms. The highest BCUT2D eigenvalue weighted by Gasteiger charge is 2.14. The Morgan fingerprint density at radius 2 is 1.80 bits per heavy atom. The zero-order valence-electron chi connectivity index (χ0n) is 21.0. The molecule has 3 aromatic carbocycles. The first-order valence-corrected chi connectivity index (χ1v) is 11.7. The van der Waals surface area contributed by atoms with Gasteiger partial charge in [-0.25, -0.2) is 4.39 Å². The summed E-state index contributed by atoms with van der Waals surface area (Å²) in [5.41, 5.74) is 3.96. The van der Waals surface area contributed by atoms with Crippen LogP contribution in [0.3, 0.4) is 0 Å². The minimum absolute atomic E-state index is 0.0379. The van der Waals surface area contributed by atoms with Gasteiger partial charge in [0, 0.05) is 5.56 Å². The van der Waals surface area contributed by atoms with Crippen LogP contribution in [0.5, 0.6) is 11.5 Å². The molecule has 0 amide bonds. The van der Waals surface area contributed by atoms with Gasteiger partial charge >= 0.3 is 5.97 Å². The standard InChI is InChI=1S/C30H33FO4/c1-20(15-29(32)33)22-7-6-8-25(17-22)35-19-21-9-11-26(23(16-21)13-14-30(2,3)4)27-18-24(34-5)10-12-28(27)31/h6-14,16-18,20H,15,19H2,1-5H3,(H,32,33)/t20-/m0/s1. The summed E-state index contributed by atoms with van der Waals surface area (Å²) in [5, 5.41) is 9.07. The highest BCUT2D eigenvalue weighted by atomic mass is 19.1. The van der Waals surface area contributed by atoms with Crippen molar-refractivity contribution in [1.82, 2.24) is 0 Å². The number of ether oxygens (including phenoxy) is 2. The molecule has 0 spiro atoms. The van der Waals surface area contributed by atoms with Crippen LogP contribution >= 0.6 is 0 Å². The van der Waals surface area contributed by atoms with Crippen molar-refractivity contribution in [3.8, 4) is 22.6 Å². The van der Waals surface area contributed by atoms with E-state index in [0.29, 0.717) is 23.7 Å². The van der Waals surface area contributed by atoms with Crippen LogP contribution < -0.4 is 9.47 Å². The first-order chi connectivity index (χ1) is 16.6. The maximum atomic E-state index is 14.8. The normalized spacial score (nSPS) is 12.5. The first kappa shape index (κ1) is 26.0. The van der Waals surface area contributed by atoms with Crippen molar-refractivity contribution in [1.29, 1.82) is 0 Å². The van der Waals surface area contributed by atoms with Crippen LogP contribution in [0.2, 0.25) is 0 Å². The van der Waals surface area contributed by atoms with E-state index in [-0.39, 0.29) is 23.6 Å². The number of rotatable bonds is 9. The van der Waals surface area contributed by atoms with Crippen molar-refractivity contribution in [3.63, 3.8) is 0 Å². The number of carbonyl (C=O) groups is 1. The Morgan fingerprint density at radius 3 is 2.49 bits per heavy atom. The van der Waals surface area contributed by atoms with E-state index in [2.05, 4.69) is 26.8 Å². The lowest BCUT2D eigenvalue weighted by molar-refractivity contribution is -0.137. The van der Waals surface area contributed by atoms with Gasteiger partial charge in [-0.1, -0.05) is 64.1 Å². The fraction of sp³-hybridized carbons (Fsp3) is 0.300. The van der Waals surface area contributed by atoms with Crippen LogP contribution in [0.4, 0.5) is 4.39 Å². The van der Waals surface area contributed by atoms with E-state index in [0.717, 1.165) is 22.3 Å². The van der Waals surface area contributed by atoms with E-state index in [1.54, 1.807) is 19.2 Å². The quantitative estimate of drug-likeness (QED) is 0.343. The predicted octanol–water partition coefficient (Wildman–Crippen LogP) is 7.72. The molecule has 1 atom stereocenters. The number of halogens is 1. The van der Waals surface area contributed by atoms with Crippen molar-refractivity contribution >= 4 is 12.0 Å². The molecule has 0 aliphatic rings. The molecule has 0 aliphatic heterocycles. The van der Waals surface area contributed by atoms with Crippen LogP contribution in [-0.2, 0) is 11.4 Å². The molecule has 4 nitrogen and oxygen atoms in total. The molecule has 0 fully saturated rings. The van der Waals surface area contributed by atoms with E-state index < -0.39 is 5.97 Å². The zero-order valence-corrected chi connectivity index (χ0v) is 21.0. The van der Waals surface area contributed by atoms with Crippen molar-refractivity contribution < 1.29 is 23.8 Å². The molecular weight excluding hydrogens is 443 g/mol. The summed E-state index contributed by atoms with van der Waals surface area (Å²) in [7, 11) is 1.56. The van der Waals surface area contributed by atoms with Gasteiger partial charge in [0.05, 0.1) is 13.5 Å². The summed E-state index contributed by atoms with van der Waals surface area (Å²) >= 11 is 0. The Balaban J connectivity index is 1.89. The molecule has 0 bridgehead atoms. The Kier molecular flexibility index (Phi) is 8.34. The molecule has 0 radical (unpaired) electrons. The number of benzene rings is 3. The van der Waals surface area contributed by atoms with Crippen LogP contribution in [0.25, 0.3) is 17.2 Å². The van der Waals surface area contributed by atoms with Crippen LogP contribution in [0.15, 0.2) is 66.7 Å². The monoisotopic (exact) mass is 476 g/mol. The predicted molar refractivity (Wildman–Crippen MR) is 138 cm³/mol. The Hall–Kier alpha value is -3.60. The molecule has 3 rings (SSSR count). The highest BCUT2D eigenvalue weighted by molar-refractivity contribution is 5.77. The minimum atomic E-state index is -0.827. The van der Waals surface area contributed by atoms with Gasteiger partial charge in [-0.15, -0.1) is 0 Å². The lowest BCUT2D eigenvalue weighted by atomic mass is 9.92. The summed E-state index contributed by atoms with van der Waals surface area (Å²) < 4.78 is 26.1. The maximum absolute atomic E-state index is 14.8. The molecule has 0 saturated carbocycles. The number of carboxylic acids is 1. The largest absolute Gasteiger partial charge is 0.497 e. The second-order valence-electron chi connectivity index (χ2n) is 9.83. The van der Waals surface area contributed by atoms with Crippen molar-refractivity contribution in [2.24, 2.45) is 5.41 Å². The van der Waals surface area contributed by atoms with Gasteiger partial charge in [-0.05, 0) is 70.0 Å².